The highest BCUT2D eigenvalue weighted by Gasteiger charge is 2.15. The minimum atomic E-state index is -3.60. The number of nitrogen functional groups attached to an aromatic ring is 1. The van der Waals surface area contributed by atoms with Crippen LogP contribution in [0.25, 0.3) is 10.2 Å². The van der Waals surface area contributed by atoms with Gasteiger partial charge in [-0.1, -0.05) is 29.5 Å². The van der Waals surface area contributed by atoms with Gasteiger partial charge in [0.1, 0.15) is 0 Å². The first kappa shape index (κ1) is 12.9. The lowest BCUT2D eigenvalue weighted by atomic mass is 10.3. The number of fused-ring (bicyclic) bond motifs is 1. The van der Waals surface area contributed by atoms with Gasteiger partial charge in [0.25, 0.3) is 10.0 Å². The second-order valence-electron chi connectivity index (χ2n) is 4.16. The monoisotopic (exact) mass is 305 g/mol. The van der Waals surface area contributed by atoms with E-state index in [4.69, 9.17) is 5.73 Å². The van der Waals surface area contributed by atoms with Gasteiger partial charge in [-0.25, -0.2) is 13.4 Å². The first-order valence-corrected chi connectivity index (χ1v) is 8.08. The summed E-state index contributed by atoms with van der Waals surface area (Å²) >= 11 is 1.27. The molecule has 0 aliphatic heterocycles. The SMILES string of the molecule is Nc1ccc2sc(NS(=O)(=O)c3ccccc3)nc2c1. The van der Waals surface area contributed by atoms with Gasteiger partial charge < -0.3 is 5.73 Å². The molecule has 102 valence electrons. The van der Waals surface area contributed by atoms with Crippen LogP contribution in [-0.4, -0.2) is 13.4 Å². The fraction of sp³-hybridized carbons (Fsp3) is 0. The highest BCUT2D eigenvalue weighted by Crippen LogP contribution is 2.28. The van der Waals surface area contributed by atoms with Crippen molar-refractivity contribution in [3.8, 4) is 0 Å². The maximum Gasteiger partial charge on any atom is 0.263 e. The average molecular weight is 305 g/mol. The Kier molecular flexibility index (Phi) is 3.07. The van der Waals surface area contributed by atoms with E-state index in [1.54, 1.807) is 30.3 Å². The number of aromatic nitrogens is 1. The standard InChI is InChI=1S/C13H11N3O2S2/c14-9-6-7-12-11(8-9)15-13(19-12)16-20(17,18)10-4-2-1-3-5-10/h1-8H,14H2,(H,15,16). The zero-order valence-corrected chi connectivity index (χ0v) is 11.9. The lowest BCUT2D eigenvalue weighted by molar-refractivity contribution is 0.601. The van der Waals surface area contributed by atoms with E-state index >= 15 is 0 Å². The topological polar surface area (TPSA) is 85.1 Å². The van der Waals surface area contributed by atoms with Gasteiger partial charge in [0.15, 0.2) is 5.13 Å². The Hall–Kier alpha value is -2.12. The van der Waals surface area contributed by atoms with E-state index in [2.05, 4.69) is 9.71 Å². The van der Waals surface area contributed by atoms with Crippen LogP contribution in [0, 0.1) is 0 Å². The Morgan fingerprint density at radius 2 is 1.85 bits per heavy atom. The van der Waals surface area contributed by atoms with E-state index in [-0.39, 0.29) is 4.90 Å². The number of hydrogen-bond acceptors (Lipinski definition) is 5. The molecule has 0 aliphatic rings. The number of hydrogen-bond donors (Lipinski definition) is 2. The van der Waals surface area contributed by atoms with Gasteiger partial charge in [0, 0.05) is 5.69 Å². The molecule has 0 saturated heterocycles. The molecule has 0 unspecified atom stereocenters. The molecule has 0 atom stereocenters. The second-order valence-corrected chi connectivity index (χ2v) is 6.88. The summed E-state index contributed by atoms with van der Waals surface area (Å²) in [7, 11) is -3.60. The normalized spacial score (nSPS) is 11.6. The van der Waals surface area contributed by atoms with Crippen molar-refractivity contribution in [3.05, 3.63) is 48.5 Å². The van der Waals surface area contributed by atoms with Crippen LogP contribution < -0.4 is 10.5 Å². The molecule has 0 aliphatic carbocycles. The van der Waals surface area contributed by atoms with Crippen molar-refractivity contribution in [3.63, 3.8) is 0 Å². The van der Waals surface area contributed by atoms with Crippen molar-refractivity contribution < 1.29 is 8.42 Å². The molecule has 3 N–H and O–H groups in total. The number of nitrogens with one attached hydrogen (secondary N) is 1. The van der Waals surface area contributed by atoms with Crippen molar-refractivity contribution in [2.75, 3.05) is 10.5 Å². The molecule has 1 aromatic heterocycles. The zero-order chi connectivity index (χ0) is 14.2. The molecule has 3 rings (SSSR count). The number of nitrogens with two attached hydrogens (primary N) is 1. The largest absolute Gasteiger partial charge is 0.399 e. The van der Waals surface area contributed by atoms with Gasteiger partial charge in [0.2, 0.25) is 0 Å². The van der Waals surface area contributed by atoms with Gasteiger partial charge in [0.05, 0.1) is 15.1 Å². The second kappa shape index (κ2) is 4.77. The van der Waals surface area contributed by atoms with Crippen LogP contribution >= 0.6 is 11.3 Å². The van der Waals surface area contributed by atoms with E-state index in [0.29, 0.717) is 16.3 Å². The summed E-state index contributed by atoms with van der Waals surface area (Å²) in [5, 5.41) is 0.328. The van der Waals surface area contributed by atoms with Crippen LogP contribution in [0.5, 0.6) is 0 Å². The molecule has 0 bridgehead atoms. The van der Waals surface area contributed by atoms with Gasteiger partial charge in [-0.05, 0) is 30.3 Å². The minimum Gasteiger partial charge on any atom is -0.399 e. The third kappa shape index (κ3) is 2.45. The number of nitrogens with zero attached hydrogens (tertiary/aromatic N) is 1. The summed E-state index contributed by atoms with van der Waals surface area (Å²) in [6, 6.07) is 13.5. The average Bonchev–Trinajstić information content (AvgIpc) is 2.80. The molecule has 20 heavy (non-hydrogen) atoms. The van der Waals surface area contributed by atoms with E-state index in [9.17, 15) is 8.42 Å². The fourth-order valence-corrected chi connectivity index (χ4v) is 3.86. The summed E-state index contributed by atoms with van der Waals surface area (Å²) in [4.78, 5) is 4.44. The van der Waals surface area contributed by atoms with Crippen LogP contribution in [0.15, 0.2) is 53.4 Å². The Bertz CT molecular complexity index is 858. The lowest BCUT2D eigenvalue weighted by Gasteiger charge is -2.03. The maximum absolute atomic E-state index is 12.2. The molecule has 7 heteroatoms. The summed E-state index contributed by atoms with van der Waals surface area (Å²) in [5.74, 6) is 0. The van der Waals surface area contributed by atoms with Crippen LogP contribution in [0.4, 0.5) is 10.8 Å². The quantitative estimate of drug-likeness (QED) is 0.729. The Labute approximate surface area is 120 Å². The third-order valence-corrected chi connectivity index (χ3v) is 5.12. The van der Waals surface area contributed by atoms with Crippen molar-refractivity contribution in [2.24, 2.45) is 0 Å². The molecular formula is C13H11N3O2S2. The van der Waals surface area contributed by atoms with Crippen molar-refractivity contribution >= 4 is 42.4 Å². The molecule has 0 fully saturated rings. The van der Waals surface area contributed by atoms with E-state index in [1.807, 2.05) is 6.07 Å². The summed E-state index contributed by atoms with van der Waals surface area (Å²) < 4.78 is 27.7. The molecule has 1 heterocycles. The van der Waals surface area contributed by atoms with Gasteiger partial charge in [-0.15, -0.1) is 0 Å². The van der Waals surface area contributed by atoms with Crippen LogP contribution in [0.1, 0.15) is 0 Å². The summed E-state index contributed by atoms with van der Waals surface area (Å²) in [6.07, 6.45) is 0. The van der Waals surface area contributed by atoms with E-state index in [0.717, 1.165) is 4.70 Å². The number of benzene rings is 2. The molecule has 3 aromatic rings. The summed E-state index contributed by atoms with van der Waals surface area (Å²) in [5.41, 5.74) is 6.96. The smallest absolute Gasteiger partial charge is 0.263 e. The molecule has 5 nitrogen and oxygen atoms in total. The minimum absolute atomic E-state index is 0.207. The predicted molar refractivity (Wildman–Crippen MR) is 81.3 cm³/mol. The van der Waals surface area contributed by atoms with Gasteiger partial charge in [-0.3, -0.25) is 4.72 Å². The van der Waals surface area contributed by atoms with E-state index < -0.39 is 10.0 Å². The van der Waals surface area contributed by atoms with Crippen molar-refractivity contribution in [1.29, 1.82) is 0 Å². The first-order valence-electron chi connectivity index (χ1n) is 5.78. The van der Waals surface area contributed by atoms with E-state index in [1.165, 1.54) is 23.5 Å². The highest BCUT2D eigenvalue weighted by atomic mass is 32.2. The molecule has 0 amide bonds. The number of rotatable bonds is 3. The number of sulfonamides is 1. The molecule has 0 saturated carbocycles. The van der Waals surface area contributed by atoms with Crippen LogP contribution in [0.2, 0.25) is 0 Å². The lowest BCUT2D eigenvalue weighted by Crippen LogP contribution is -2.12. The third-order valence-electron chi connectivity index (χ3n) is 2.69. The fourth-order valence-electron chi connectivity index (χ4n) is 1.76. The molecular weight excluding hydrogens is 294 g/mol. The Morgan fingerprint density at radius 3 is 2.60 bits per heavy atom. The molecule has 0 spiro atoms. The molecule has 2 aromatic carbocycles. The summed E-state index contributed by atoms with van der Waals surface area (Å²) in [6.45, 7) is 0. The van der Waals surface area contributed by atoms with Crippen molar-refractivity contribution in [1.82, 2.24) is 4.98 Å². The van der Waals surface area contributed by atoms with Crippen LogP contribution in [0.3, 0.4) is 0 Å². The highest BCUT2D eigenvalue weighted by molar-refractivity contribution is 7.93. The van der Waals surface area contributed by atoms with Crippen molar-refractivity contribution in [2.45, 2.75) is 4.90 Å². The van der Waals surface area contributed by atoms with Crippen LogP contribution in [-0.2, 0) is 10.0 Å². The Balaban J connectivity index is 1.97. The first-order chi connectivity index (χ1) is 9.54. The molecule has 0 radical (unpaired) electrons. The maximum atomic E-state index is 12.2. The predicted octanol–water partition coefficient (Wildman–Crippen LogP) is 2.68. The van der Waals surface area contributed by atoms with Gasteiger partial charge in [-0.2, -0.15) is 0 Å². The zero-order valence-electron chi connectivity index (χ0n) is 10.3. The number of anilines is 2. The number of thiazole rings is 1. The van der Waals surface area contributed by atoms with Gasteiger partial charge >= 0.3 is 0 Å². The Morgan fingerprint density at radius 1 is 1.10 bits per heavy atom.